The number of thiazole rings is 1. The zero-order valence-corrected chi connectivity index (χ0v) is 20.5. The molecule has 0 amide bonds. The first-order valence-electron chi connectivity index (χ1n) is 10.6. The van der Waals surface area contributed by atoms with Gasteiger partial charge >= 0.3 is 0 Å². The first kappa shape index (κ1) is 22.7. The number of nitriles is 1. The van der Waals surface area contributed by atoms with E-state index in [9.17, 15) is 5.26 Å². The van der Waals surface area contributed by atoms with Gasteiger partial charge in [-0.3, -0.25) is 4.98 Å². The van der Waals surface area contributed by atoms with Gasteiger partial charge in [-0.25, -0.2) is 9.97 Å². The summed E-state index contributed by atoms with van der Waals surface area (Å²) < 4.78 is 11.8. The number of aromatic nitrogens is 3. The average Bonchev–Trinajstić information content (AvgIpc) is 3.38. The van der Waals surface area contributed by atoms with Gasteiger partial charge in [0.1, 0.15) is 16.6 Å². The van der Waals surface area contributed by atoms with Gasteiger partial charge in [-0.15, -0.1) is 11.3 Å². The Morgan fingerprint density at radius 3 is 2.54 bits per heavy atom. The molecule has 2 aromatic carbocycles. The number of hydrogen-bond donors (Lipinski definition) is 1. The molecular formula is C26H19N5O2S2. The Morgan fingerprint density at radius 2 is 1.83 bits per heavy atom. The van der Waals surface area contributed by atoms with Crippen LogP contribution in [-0.2, 0) is 0 Å². The third-order valence-electron chi connectivity index (χ3n) is 5.25. The molecule has 0 saturated heterocycles. The minimum atomic E-state index is 0.416. The summed E-state index contributed by atoms with van der Waals surface area (Å²) in [7, 11) is 3.14. The van der Waals surface area contributed by atoms with Crippen molar-refractivity contribution < 1.29 is 9.47 Å². The minimum absolute atomic E-state index is 0.416. The fourth-order valence-electron chi connectivity index (χ4n) is 3.59. The van der Waals surface area contributed by atoms with E-state index in [4.69, 9.17) is 14.5 Å². The molecule has 5 aromatic rings. The number of pyridine rings is 2. The highest BCUT2D eigenvalue weighted by atomic mass is 32.2. The fraction of sp³-hybridized carbons (Fsp3) is 0.0769. The molecule has 9 heteroatoms. The molecule has 3 aromatic heterocycles. The van der Waals surface area contributed by atoms with Crippen molar-refractivity contribution in [3.8, 4) is 28.8 Å². The highest BCUT2D eigenvalue weighted by Crippen LogP contribution is 2.39. The smallest absolute Gasteiger partial charge is 0.187 e. The molecule has 7 nitrogen and oxygen atoms in total. The lowest BCUT2D eigenvalue weighted by atomic mass is 10.1. The second-order valence-electron chi connectivity index (χ2n) is 7.33. The Bertz CT molecular complexity index is 1530. The Labute approximate surface area is 210 Å². The van der Waals surface area contributed by atoms with E-state index in [1.54, 1.807) is 37.8 Å². The van der Waals surface area contributed by atoms with Crippen LogP contribution in [0.15, 0.2) is 81.7 Å². The molecule has 0 fully saturated rings. The van der Waals surface area contributed by atoms with Crippen LogP contribution in [0.1, 0.15) is 5.56 Å². The van der Waals surface area contributed by atoms with Gasteiger partial charge in [-0.1, -0.05) is 30.3 Å². The van der Waals surface area contributed by atoms with Crippen LogP contribution in [0.2, 0.25) is 0 Å². The molecule has 0 aliphatic carbocycles. The normalized spacial score (nSPS) is 10.7. The topological polar surface area (TPSA) is 93.0 Å². The maximum atomic E-state index is 9.67. The molecule has 0 atom stereocenters. The Balaban J connectivity index is 1.39. The van der Waals surface area contributed by atoms with Crippen molar-refractivity contribution in [2.24, 2.45) is 0 Å². The molecule has 0 radical (unpaired) electrons. The van der Waals surface area contributed by atoms with Crippen LogP contribution in [0.3, 0.4) is 0 Å². The van der Waals surface area contributed by atoms with Crippen LogP contribution in [0, 0.1) is 11.3 Å². The van der Waals surface area contributed by atoms with Crippen LogP contribution in [-0.4, -0.2) is 29.2 Å². The monoisotopic (exact) mass is 497 g/mol. The number of methoxy groups -OCH3 is 2. The zero-order valence-electron chi connectivity index (χ0n) is 18.9. The predicted molar refractivity (Wildman–Crippen MR) is 139 cm³/mol. The summed E-state index contributed by atoms with van der Waals surface area (Å²) in [4.78, 5) is 13.7. The van der Waals surface area contributed by atoms with Gasteiger partial charge in [-0.2, -0.15) is 5.26 Å². The molecule has 1 N–H and O–H groups in total. The standard InChI is InChI=1S/C26H19N5O2S2/c1-32-21-10-9-19-23(17(12-27)13-29-24(19)25(21)33-2)30-18-8-11-22(28-14-18)35-26-31-20(15-34-26)16-6-4-3-5-7-16/h3-11,13-15H,1-2H3,(H,29,30). The molecule has 0 saturated carbocycles. The van der Waals surface area contributed by atoms with Crippen LogP contribution < -0.4 is 14.8 Å². The molecule has 5 rings (SSSR count). The van der Waals surface area contributed by atoms with Crippen molar-refractivity contribution in [2.45, 2.75) is 9.37 Å². The molecule has 35 heavy (non-hydrogen) atoms. The van der Waals surface area contributed by atoms with Crippen molar-refractivity contribution in [3.63, 3.8) is 0 Å². The lowest BCUT2D eigenvalue weighted by Crippen LogP contribution is -1.99. The summed E-state index contributed by atoms with van der Waals surface area (Å²) in [5.41, 5.74) is 4.45. The highest BCUT2D eigenvalue weighted by Gasteiger charge is 2.16. The van der Waals surface area contributed by atoms with Crippen molar-refractivity contribution in [3.05, 3.63) is 77.9 Å². The van der Waals surface area contributed by atoms with Crippen molar-refractivity contribution in [1.82, 2.24) is 15.0 Å². The quantitative estimate of drug-likeness (QED) is 0.271. The van der Waals surface area contributed by atoms with E-state index in [0.29, 0.717) is 28.3 Å². The van der Waals surface area contributed by atoms with E-state index in [1.807, 2.05) is 48.5 Å². The second kappa shape index (κ2) is 10.0. The number of nitrogens with one attached hydrogen (secondary N) is 1. The SMILES string of the molecule is COc1ccc2c(Nc3ccc(Sc4nc(-c5ccccc5)cs4)nc3)c(C#N)cnc2c1OC. The van der Waals surface area contributed by atoms with Crippen molar-refractivity contribution in [2.75, 3.05) is 19.5 Å². The van der Waals surface area contributed by atoms with E-state index in [0.717, 1.165) is 31.7 Å². The lowest BCUT2D eigenvalue weighted by Gasteiger charge is -2.15. The fourth-order valence-corrected chi connectivity index (χ4v) is 5.30. The molecule has 0 bridgehead atoms. The summed E-state index contributed by atoms with van der Waals surface area (Å²) in [5.74, 6) is 1.09. The Morgan fingerprint density at radius 1 is 0.971 bits per heavy atom. The van der Waals surface area contributed by atoms with E-state index in [-0.39, 0.29) is 0 Å². The number of ether oxygens (including phenoxy) is 2. The summed E-state index contributed by atoms with van der Waals surface area (Å²) in [6, 6.07) is 19.8. The minimum Gasteiger partial charge on any atom is -0.493 e. The average molecular weight is 498 g/mol. The first-order valence-corrected chi connectivity index (χ1v) is 12.3. The van der Waals surface area contributed by atoms with Gasteiger partial charge in [0.25, 0.3) is 0 Å². The molecule has 0 unspecified atom stereocenters. The van der Waals surface area contributed by atoms with Gasteiger partial charge in [0.2, 0.25) is 0 Å². The van der Waals surface area contributed by atoms with Crippen LogP contribution >= 0.6 is 23.1 Å². The van der Waals surface area contributed by atoms with Crippen LogP contribution in [0.4, 0.5) is 11.4 Å². The molecule has 0 aliphatic rings. The molecule has 0 aliphatic heterocycles. The number of nitrogens with zero attached hydrogens (tertiary/aromatic N) is 4. The van der Waals surface area contributed by atoms with Gasteiger partial charge in [0.15, 0.2) is 15.8 Å². The summed E-state index contributed by atoms with van der Waals surface area (Å²) >= 11 is 3.10. The third kappa shape index (κ3) is 4.62. The number of rotatable bonds is 7. The molecule has 0 spiro atoms. The van der Waals surface area contributed by atoms with Crippen molar-refractivity contribution >= 4 is 45.4 Å². The molecule has 172 valence electrons. The van der Waals surface area contributed by atoms with Crippen LogP contribution in [0.5, 0.6) is 11.5 Å². The predicted octanol–water partition coefficient (Wildman–Crippen LogP) is 6.54. The maximum absolute atomic E-state index is 9.67. The van der Waals surface area contributed by atoms with Crippen molar-refractivity contribution in [1.29, 1.82) is 5.26 Å². The number of benzene rings is 2. The summed E-state index contributed by atoms with van der Waals surface area (Å²) in [6.45, 7) is 0. The first-order chi connectivity index (χ1) is 17.2. The second-order valence-corrected chi connectivity index (χ2v) is 9.46. The van der Waals surface area contributed by atoms with E-state index in [1.165, 1.54) is 18.0 Å². The number of anilines is 2. The summed E-state index contributed by atoms with van der Waals surface area (Å²) in [6.07, 6.45) is 3.26. The lowest BCUT2D eigenvalue weighted by molar-refractivity contribution is 0.358. The molecular weight excluding hydrogens is 478 g/mol. The van der Waals surface area contributed by atoms with Gasteiger partial charge < -0.3 is 14.8 Å². The Hall–Kier alpha value is -4.13. The maximum Gasteiger partial charge on any atom is 0.187 e. The number of fused-ring (bicyclic) bond motifs is 1. The van der Waals surface area contributed by atoms with Gasteiger partial charge in [-0.05, 0) is 36.0 Å². The third-order valence-corrected chi connectivity index (χ3v) is 7.14. The molecule has 3 heterocycles. The Kier molecular flexibility index (Phi) is 6.48. The van der Waals surface area contributed by atoms with E-state index in [2.05, 4.69) is 26.7 Å². The zero-order chi connectivity index (χ0) is 24.2. The van der Waals surface area contributed by atoms with E-state index < -0.39 is 0 Å². The van der Waals surface area contributed by atoms with Gasteiger partial charge in [0.05, 0.1) is 43.0 Å². The largest absolute Gasteiger partial charge is 0.493 e. The highest BCUT2D eigenvalue weighted by molar-refractivity contribution is 8.01. The van der Waals surface area contributed by atoms with E-state index >= 15 is 0 Å². The van der Waals surface area contributed by atoms with Crippen LogP contribution in [0.25, 0.3) is 22.2 Å². The number of hydrogen-bond acceptors (Lipinski definition) is 9. The van der Waals surface area contributed by atoms with Gasteiger partial charge in [0, 0.05) is 22.5 Å². The summed E-state index contributed by atoms with van der Waals surface area (Å²) in [5, 5.41) is 16.6.